The molecular formula is C15H22O3. The van der Waals surface area contributed by atoms with Gasteiger partial charge in [-0.2, -0.15) is 0 Å². The third-order valence-corrected chi connectivity index (χ3v) is 3.91. The van der Waals surface area contributed by atoms with Crippen LogP contribution in [-0.4, -0.2) is 22.9 Å². The van der Waals surface area contributed by atoms with Crippen molar-refractivity contribution >= 4 is 0 Å². The van der Waals surface area contributed by atoms with E-state index in [1.54, 1.807) is 7.11 Å². The van der Waals surface area contributed by atoms with Crippen molar-refractivity contribution in [3.63, 3.8) is 0 Å². The van der Waals surface area contributed by atoms with Crippen LogP contribution in [-0.2, 0) is 0 Å². The molecule has 18 heavy (non-hydrogen) atoms. The van der Waals surface area contributed by atoms with Gasteiger partial charge in [0.2, 0.25) is 0 Å². The monoisotopic (exact) mass is 250 g/mol. The molecule has 1 unspecified atom stereocenters. The van der Waals surface area contributed by atoms with Crippen LogP contribution >= 0.6 is 0 Å². The van der Waals surface area contributed by atoms with Gasteiger partial charge in [0.15, 0.2) is 0 Å². The molecule has 0 radical (unpaired) electrons. The van der Waals surface area contributed by atoms with Crippen LogP contribution in [0, 0.1) is 0 Å². The molecule has 1 aliphatic carbocycles. The maximum absolute atomic E-state index is 10.7. The van der Waals surface area contributed by atoms with Crippen molar-refractivity contribution in [1.29, 1.82) is 0 Å². The summed E-state index contributed by atoms with van der Waals surface area (Å²) in [5, 5.41) is 21.2. The minimum Gasteiger partial charge on any atom is -0.496 e. The number of hydrogen-bond donors (Lipinski definition) is 2. The molecular weight excluding hydrogens is 228 g/mol. The van der Waals surface area contributed by atoms with Crippen LogP contribution in [0.25, 0.3) is 0 Å². The second-order valence-electron chi connectivity index (χ2n) is 5.16. The Morgan fingerprint density at radius 1 is 1.11 bits per heavy atom. The van der Waals surface area contributed by atoms with Gasteiger partial charge in [0.25, 0.3) is 0 Å². The van der Waals surface area contributed by atoms with E-state index in [1.165, 1.54) is 0 Å². The van der Waals surface area contributed by atoms with Gasteiger partial charge in [-0.3, -0.25) is 0 Å². The maximum atomic E-state index is 10.7. The molecule has 3 heteroatoms. The summed E-state index contributed by atoms with van der Waals surface area (Å²) < 4.78 is 5.26. The molecule has 0 amide bonds. The van der Waals surface area contributed by atoms with Crippen LogP contribution in [0.4, 0.5) is 0 Å². The van der Waals surface area contributed by atoms with Gasteiger partial charge in [0.1, 0.15) is 11.9 Å². The Morgan fingerprint density at radius 3 is 2.33 bits per heavy atom. The van der Waals surface area contributed by atoms with Crippen LogP contribution in [0.5, 0.6) is 5.75 Å². The highest BCUT2D eigenvalue weighted by atomic mass is 16.5. The van der Waals surface area contributed by atoms with Gasteiger partial charge >= 0.3 is 0 Å². The van der Waals surface area contributed by atoms with Crippen molar-refractivity contribution in [2.24, 2.45) is 0 Å². The summed E-state index contributed by atoms with van der Waals surface area (Å²) in [5.41, 5.74) is -0.324. The minimum atomic E-state index is -1.01. The van der Waals surface area contributed by atoms with Crippen molar-refractivity contribution in [2.75, 3.05) is 7.11 Å². The fourth-order valence-electron chi connectivity index (χ4n) is 2.80. The SMILES string of the molecule is COc1ccccc1C(O)C1(O)CCCCCC1. The summed E-state index contributed by atoms with van der Waals surface area (Å²) in [7, 11) is 1.59. The van der Waals surface area contributed by atoms with Crippen molar-refractivity contribution in [1.82, 2.24) is 0 Å². The summed E-state index contributed by atoms with van der Waals surface area (Å²) >= 11 is 0. The molecule has 1 aromatic rings. The first-order valence-corrected chi connectivity index (χ1v) is 6.71. The van der Waals surface area contributed by atoms with Gasteiger partial charge < -0.3 is 14.9 Å². The van der Waals surface area contributed by atoms with Gasteiger partial charge in [0, 0.05) is 5.56 Å². The molecule has 1 saturated carbocycles. The molecule has 1 fully saturated rings. The first kappa shape index (κ1) is 13.4. The lowest BCUT2D eigenvalue weighted by Crippen LogP contribution is -2.36. The molecule has 2 N–H and O–H groups in total. The standard InChI is InChI=1S/C15H22O3/c1-18-13-9-5-4-8-12(13)14(16)15(17)10-6-2-3-7-11-15/h4-5,8-9,14,16-17H,2-3,6-7,10-11H2,1H3. The Labute approximate surface area is 108 Å². The normalized spacial score (nSPS) is 21.1. The summed E-state index contributed by atoms with van der Waals surface area (Å²) in [4.78, 5) is 0. The Kier molecular flexibility index (Phi) is 4.25. The molecule has 0 bridgehead atoms. The van der Waals surface area contributed by atoms with E-state index >= 15 is 0 Å². The summed E-state index contributed by atoms with van der Waals surface area (Å²) in [6.45, 7) is 0. The number of ether oxygens (including phenoxy) is 1. The summed E-state index contributed by atoms with van der Waals surface area (Å²) in [5.74, 6) is 0.641. The second-order valence-corrected chi connectivity index (χ2v) is 5.16. The number of rotatable bonds is 3. The van der Waals surface area contributed by atoms with Crippen LogP contribution in [0.1, 0.15) is 50.2 Å². The summed E-state index contributed by atoms with van der Waals surface area (Å²) in [6, 6.07) is 7.37. The van der Waals surface area contributed by atoms with Gasteiger partial charge in [-0.15, -0.1) is 0 Å². The minimum absolute atomic E-state index is 0.641. The van der Waals surface area contributed by atoms with E-state index in [2.05, 4.69) is 0 Å². The van der Waals surface area contributed by atoms with Crippen LogP contribution in [0.2, 0.25) is 0 Å². The van der Waals surface area contributed by atoms with Gasteiger partial charge in [-0.05, 0) is 18.9 Å². The molecule has 2 rings (SSSR count). The van der Waals surface area contributed by atoms with Gasteiger partial charge in [-0.1, -0.05) is 43.9 Å². The lowest BCUT2D eigenvalue weighted by molar-refractivity contribution is -0.0874. The van der Waals surface area contributed by atoms with Crippen LogP contribution < -0.4 is 4.74 Å². The van der Waals surface area contributed by atoms with Gasteiger partial charge in [-0.25, -0.2) is 0 Å². The lowest BCUT2D eigenvalue weighted by atomic mass is 9.84. The van der Waals surface area contributed by atoms with E-state index in [1.807, 2.05) is 24.3 Å². The second kappa shape index (κ2) is 5.72. The Morgan fingerprint density at radius 2 is 1.72 bits per heavy atom. The number of methoxy groups -OCH3 is 1. The van der Waals surface area contributed by atoms with Crippen LogP contribution in [0.3, 0.4) is 0 Å². The molecule has 1 aliphatic rings. The molecule has 0 heterocycles. The number of aliphatic hydroxyl groups excluding tert-OH is 1. The maximum Gasteiger partial charge on any atom is 0.124 e. The lowest BCUT2D eigenvalue weighted by Gasteiger charge is -2.33. The third-order valence-electron chi connectivity index (χ3n) is 3.91. The topological polar surface area (TPSA) is 49.7 Å². The van der Waals surface area contributed by atoms with Crippen molar-refractivity contribution in [2.45, 2.75) is 50.2 Å². The zero-order valence-electron chi connectivity index (χ0n) is 10.9. The number of para-hydroxylation sites is 1. The fraction of sp³-hybridized carbons (Fsp3) is 0.600. The molecule has 1 atom stereocenters. The largest absolute Gasteiger partial charge is 0.496 e. The molecule has 0 aliphatic heterocycles. The molecule has 1 aromatic carbocycles. The Bertz CT molecular complexity index is 381. The highest BCUT2D eigenvalue weighted by molar-refractivity contribution is 5.36. The molecule has 3 nitrogen and oxygen atoms in total. The van der Waals surface area contributed by atoms with E-state index in [9.17, 15) is 10.2 Å². The first-order valence-electron chi connectivity index (χ1n) is 6.71. The Hall–Kier alpha value is -1.06. The van der Waals surface area contributed by atoms with E-state index in [0.29, 0.717) is 24.2 Å². The highest BCUT2D eigenvalue weighted by Gasteiger charge is 2.37. The average Bonchev–Trinajstić information content (AvgIpc) is 2.63. The van der Waals surface area contributed by atoms with E-state index in [-0.39, 0.29) is 0 Å². The van der Waals surface area contributed by atoms with Crippen molar-refractivity contribution < 1.29 is 14.9 Å². The average molecular weight is 250 g/mol. The third kappa shape index (κ3) is 2.68. The van der Waals surface area contributed by atoms with Crippen molar-refractivity contribution in [3.8, 4) is 5.75 Å². The molecule has 0 aromatic heterocycles. The molecule has 0 saturated heterocycles. The first-order chi connectivity index (χ1) is 8.67. The molecule has 100 valence electrons. The summed E-state index contributed by atoms with van der Waals surface area (Å²) in [6.07, 6.45) is 4.68. The van der Waals surface area contributed by atoms with E-state index in [0.717, 1.165) is 25.7 Å². The quantitative estimate of drug-likeness (QED) is 0.811. The number of hydrogen-bond acceptors (Lipinski definition) is 3. The van der Waals surface area contributed by atoms with Crippen LogP contribution in [0.15, 0.2) is 24.3 Å². The zero-order valence-corrected chi connectivity index (χ0v) is 10.9. The fourth-order valence-corrected chi connectivity index (χ4v) is 2.80. The van der Waals surface area contributed by atoms with E-state index in [4.69, 9.17) is 4.74 Å². The number of benzene rings is 1. The molecule has 0 spiro atoms. The predicted octanol–water partition coefficient (Wildman–Crippen LogP) is 2.81. The van der Waals surface area contributed by atoms with Crippen molar-refractivity contribution in [3.05, 3.63) is 29.8 Å². The smallest absolute Gasteiger partial charge is 0.124 e. The Balaban J connectivity index is 2.25. The van der Waals surface area contributed by atoms with Gasteiger partial charge in [0.05, 0.1) is 12.7 Å². The highest BCUT2D eigenvalue weighted by Crippen LogP contribution is 2.40. The predicted molar refractivity (Wildman–Crippen MR) is 70.6 cm³/mol. The van der Waals surface area contributed by atoms with E-state index < -0.39 is 11.7 Å². The zero-order chi connectivity index (χ0) is 13.0. The number of aliphatic hydroxyl groups is 2.